The van der Waals surface area contributed by atoms with Gasteiger partial charge in [-0.1, -0.05) is 24.3 Å². The van der Waals surface area contributed by atoms with Gasteiger partial charge < -0.3 is 10.3 Å². The lowest BCUT2D eigenvalue weighted by molar-refractivity contribution is 0.474. The lowest BCUT2D eigenvalue weighted by atomic mass is 10.0. The van der Waals surface area contributed by atoms with E-state index in [-0.39, 0.29) is 12.4 Å². The second kappa shape index (κ2) is 5.12. The molecule has 2 heterocycles. The van der Waals surface area contributed by atoms with Gasteiger partial charge in [0.15, 0.2) is 0 Å². The fourth-order valence-electron chi connectivity index (χ4n) is 2.53. The van der Waals surface area contributed by atoms with E-state index in [2.05, 4.69) is 40.7 Å². The molecule has 1 aliphatic rings. The topological polar surface area (TPSA) is 43.8 Å². The highest BCUT2D eigenvalue weighted by Crippen LogP contribution is 2.26. The van der Waals surface area contributed by atoms with Gasteiger partial charge in [0, 0.05) is 36.5 Å². The highest BCUT2D eigenvalue weighted by molar-refractivity contribution is 5.85. The molecule has 0 saturated carbocycles. The quantitative estimate of drug-likeness (QED) is 0.859. The molecule has 0 fully saturated rings. The van der Waals surface area contributed by atoms with Gasteiger partial charge in [-0.2, -0.15) is 0 Å². The molecule has 2 aromatic rings. The number of hydrogen-bond donors (Lipinski definition) is 1. The number of nitrogens with zero attached hydrogens (tertiary/aromatic N) is 2. The average molecular weight is 264 g/mol. The first-order chi connectivity index (χ1) is 8.25. The number of rotatable bonds is 1. The molecular formula is C14H18ClN3. The van der Waals surface area contributed by atoms with Gasteiger partial charge >= 0.3 is 0 Å². The predicted octanol–water partition coefficient (Wildman–Crippen LogP) is 2.55. The van der Waals surface area contributed by atoms with E-state index >= 15 is 0 Å². The maximum Gasteiger partial charge on any atom is 0.140 e. The molecule has 1 aliphatic heterocycles. The van der Waals surface area contributed by atoms with E-state index in [0.717, 1.165) is 25.2 Å². The molecule has 3 nitrogen and oxygen atoms in total. The maximum absolute atomic E-state index is 5.99. The summed E-state index contributed by atoms with van der Waals surface area (Å²) < 4.78 is 2.31. The Morgan fingerprint density at radius 1 is 1.33 bits per heavy atom. The van der Waals surface area contributed by atoms with Crippen LogP contribution in [0.2, 0.25) is 0 Å². The van der Waals surface area contributed by atoms with Crippen LogP contribution in [-0.2, 0) is 13.0 Å². The number of benzene rings is 1. The van der Waals surface area contributed by atoms with Gasteiger partial charge in [0.25, 0.3) is 0 Å². The van der Waals surface area contributed by atoms with E-state index in [9.17, 15) is 0 Å². The van der Waals surface area contributed by atoms with Gasteiger partial charge in [0.2, 0.25) is 0 Å². The summed E-state index contributed by atoms with van der Waals surface area (Å²) in [6, 6.07) is 8.70. The first-order valence-electron chi connectivity index (χ1n) is 6.11. The van der Waals surface area contributed by atoms with Crippen LogP contribution < -0.4 is 5.73 Å². The molecule has 1 atom stereocenters. The summed E-state index contributed by atoms with van der Waals surface area (Å²) in [5, 5.41) is 0. The van der Waals surface area contributed by atoms with Crippen molar-refractivity contribution < 1.29 is 0 Å². The first-order valence-corrected chi connectivity index (χ1v) is 6.11. The summed E-state index contributed by atoms with van der Waals surface area (Å²) in [4.78, 5) is 4.57. The van der Waals surface area contributed by atoms with Gasteiger partial charge in [-0.3, -0.25) is 0 Å². The SMILES string of the molecule is Cc1ccccc1-c1ncc2n1CCC(N)C2.Cl. The second-order valence-electron chi connectivity index (χ2n) is 4.79. The van der Waals surface area contributed by atoms with E-state index in [1.807, 2.05) is 6.20 Å². The molecule has 18 heavy (non-hydrogen) atoms. The third-order valence-corrected chi connectivity index (χ3v) is 3.52. The number of aromatic nitrogens is 2. The van der Waals surface area contributed by atoms with Gasteiger partial charge in [-0.05, 0) is 18.9 Å². The van der Waals surface area contributed by atoms with Crippen LogP contribution in [0.25, 0.3) is 11.4 Å². The molecule has 2 N–H and O–H groups in total. The predicted molar refractivity (Wildman–Crippen MR) is 75.9 cm³/mol. The van der Waals surface area contributed by atoms with E-state index in [1.165, 1.54) is 16.8 Å². The van der Waals surface area contributed by atoms with E-state index in [1.54, 1.807) is 0 Å². The number of nitrogens with two attached hydrogens (primary N) is 1. The Kier molecular flexibility index (Phi) is 3.73. The van der Waals surface area contributed by atoms with Crippen molar-refractivity contribution in [3.8, 4) is 11.4 Å². The normalized spacial score (nSPS) is 18.0. The number of aryl methyl sites for hydroxylation is 1. The van der Waals surface area contributed by atoms with Crippen LogP contribution in [0.1, 0.15) is 17.7 Å². The van der Waals surface area contributed by atoms with E-state index in [4.69, 9.17) is 5.73 Å². The summed E-state index contributed by atoms with van der Waals surface area (Å²) in [6.45, 7) is 3.12. The zero-order valence-electron chi connectivity index (χ0n) is 10.5. The Bertz CT molecular complexity index is 548. The summed E-state index contributed by atoms with van der Waals surface area (Å²) in [5.41, 5.74) is 9.76. The molecule has 1 aromatic carbocycles. The van der Waals surface area contributed by atoms with Crippen molar-refractivity contribution in [1.82, 2.24) is 9.55 Å². The Labute approximate surface area is 113 Å². The van der Waals surface area contributed by atoms with E-state index < -0.39 is 0 Å². The molecule has 0 radical (unpaired) electrons. The van der Waals surface area contributed by atoms with Crippen LogP contribution in [0.4, 0.5) is 0 Å². The van der Waals surface area contributed by atoms with Gasteiger partial charge in [0.1, 0.15) is 5.82 Å². The van der Waals surface area contributed by atoms with Crippen LogP contribution in [-0.4, -0.2) is 15.6 Å². The van der Waals surface area contributed by atoms with Crippen LogP contribution in [0.3, 0.4) is 0 Å². The minimum atomic E-state index is 0. The summed E-state index contributed by atoms with van der Waals surface area (Å²) in [6.07, 6.45) is 3.96. The average Bonchev–Trinajstić information content (AvgIpc) is 2.72. The molecule has 0 amide bonds. The number of imidazole rings is 1. The minimum absolute atomic E-state index is 0. The molecule has 0 saturated heterocycles. The van der Waals surface area contributed by atoms with Crippen LogP contribution in [0.5, 0.6) is 0 Å². The molecule has 1 aromatic heterocycles. The molecular weight excluding hydrogens is 246 g/mol. The minimum Gasteiger partial charge on any atom is -0.328 e. The molecule has 0 aliphatic carbocycles. The Hall–Kier alpha value is -1.32. The van der Waals surface area contributed by atoms with Crippen molar-refractivity contribution in [2.24, 2.45) is 5.73 Å². The molecule has 3 rings (SSSR count). The zero-order chi connectivity index (χ0) is 11.8. The van der Waals surface area contributed by atoms with Gasteiger partial charge in [0.05, 0.1) is 0 Å². The molecule has 4 heteroatoms. The van der Waals surface area contributed by atoms with Crippen molar-refractivity contribution in [3.63, 3.8) is 0 Å². The third kappa shape index (κ3) is 2.16. The highest BCUT2D eigenvalue weighted by atomic mass is 35.5. The van der Waals surface area contributed by atoms with Crippen LogP contribution in [0.15, 0.2) is 30.5 Å². The van der Waals surface area contributed by atoms with Crippen LogP contribution >= 0.6 is 12.4 Å². The highest BCUT2D eigenvalue weighted by Gasteiger charge is 2.19. The summed E-state index contributed by atoms with van der Waals surface area (Å²) in [5.74, 6) is 1.09. The lowest BCUT2D eigenvalue weighted by Crippen LogP contribution is -2.30. The molecule has 0 bridgehead atoms. The van der Waals surface area contributed by atoms with Crippen LogP contribution in [0, 0.1) is 6.92 Å². The van der Waals surface area contributed by atoms with Crippen molar-refractivity contribution in [2.75, 3.05) is 0 Å². The van der Waals surface area contributed by atoms with Gasteiger partial charge in [-0.15, -0.1) is 12.4 Å². The number of hydrogen-bond acceptors (Lipinski definition) is 2. The second-order valence-corrected chi connectivity index (χ2v) is 4.79. The smallest absolute Gasteiger partial charge is 0.140 e. The Morgan fingerprint density at radius 3 is 2.89 bits per heavy atom. The van der Waals surface area contributed by atoms with E-state index in [0.29, 0.717) is 6.04 Å². The lowest BCUT2D eigenvalue weighted by Gasteiger charge is -2.22. The largest absolute Gasteiger partial charge is 0.328 e. The number of halogens is 1. The van der Waals surface area contributed by atoms with Crippen molar-refractivity contribution in [2.45, 2.75) is 32.4 Å². The van der Waals surface area contributed by atoms with Gasteiger partial charge in [-0.25, -0.2) is 4.98 Å². The summed E-state index contributed by atoms with van der Waals surface area (Å²) in [7, 11) is 0. The molecule has 0 spiro atoms. The Morgan fingerprint density at radius 2 is 2.11 bits per heavy atom. The maximum atomic E-state index is 5.99. The van der Waals surface area contributed by atoms with Crippen molar-refractivity contribution in [1.29, 1.82) is 0 Å². The third-order valence-electron chi connectivity index (χ3n) is 3.52. The van der Waals surface area contributed by atoms with Crippen molar-refractivity contribution >= 4 is 12.4 Å². The van der Waals surface area contributed by atoms with Crippen molar-refractivity contribution in [3.05, 3.63) is 41.7 Å². The zero-order valence-corrected chi connectivity index (χ0v) is 11.3. The summed E-state index contributed by atoms with van der Waals surface area (Å²) >= 11 is 0. The standard InChI is InChI=1S/C14H17N3.ClH/c1-10-4-2-3-5-13(10)14-16-9-12-8-11(15)6-7-17(12)14;/h2-5,9,11H,6-8,15H2,1H3;1H. The monoisotopic (exact) mass is 263 g/mol. The first kappa shape index (κ1) is 13.1. The molecule has 1 unspecified atom stereocenters. The fourth-order valence-corrected chi connectivity index (χ4v) is 2.53. The fraction of sp³-hybridized carbons (Fsp3) is 0.357. The molecule has 96 valence electrons. The number of fused-ring (bicyclic) bond motifs is 1. The Balaban J connectivity index is 0.00000120.